The lowest BCUT2D eigenvalue weighted by Gasteiger charge is -2.06. The zero-order valence-corrected chi connectivity index (χ0v) is 14.8. The number of fused-ring (bicyclic) bond motifs is 3. The first-order chi connectivity index (χ1) is 13.1. The Bertz CT molecular complexity index is 1270. The molecule has 0 saturated heterocycles. The Balaban J connectivity index is 1.82. The Morgan fingerprint density at radius 1 is 0.963 bits per heavy atom. The van der Waals surface area contributed by atoms with Crippen molar-refractivity contribution < 1.29 is 4.79 Å². The lowest BCUT2D eigenvalue weighted by Crippen LogP contribution is -2.18. The number of aromatic amines is 1. The van der Waals surface area contributed by atoms with E-state index in [1.807, 2.05) is 54.6 Å². The number of aryl methyl sites for hydroxylation is 2. The summed E-state index contributed by atoms with van der Waals surface area (Å²) in [5, 5.41) is 5.10. The second kappa shape index (κ2) is 5.77. The first kappa shape index (κ1) is 15.8. The van der Waals surface area contributed by atoms with Crippen molar-refractivity contribution in [2.45, 2.75) is 12.8 Å². The lowest BCUT2D eigenvalue weighted by molar-refractivity contribution is 0.103. The molecule has 0 atom stereocenters. The van der Waals surface area contributed by atoms with Gasteiger partial charge in [0.1, 0.15) is 11.3 Å². The zero-order valence-electron chi connectivity index (χ0n) is 14.8. The largest absolute Gasteiger partial charge is 0.336 e. The highest BCUT2D eigenvalue weighted by molar-refractivity contribution is 6.11. The molecule has 2 aromatic carbocycles. The minimum atomic E-state index is -0.125. The van der Waals surface area contributed by atoms with Crippen LogP contribution in [0.2, 0.25) is 0 Å². The second-order valence-corrected chi connectivity index (χ2v) is 6.86. The van der Waals surface area contributed by atoms with E-state index in [1.165, 1.54) is 0 Å². The van der Waals surface area contributed by atoms with Crippen LogP contribution in [-0.4, -0.2) is 20.5 Å². The van der Waals surface area contributed by atoms with Crippen molar-refractivity contribution in [3.63, 3.8) is 0 Å². The molecule has 0 unspecified atom stereocenters. The SMILES string of the molecule is Cn1nc(-c2ccccc2)c2c(=O)c3c([nH]c21)C(=O)c1ccccc1CC3. The summed E-state index contributed by atoms with van der Waals surface area (Å²) >= 11 is 0. The van der Waals surface area contributed by atoms with Crippen LogP contribution in [0, 0.1) is 0 Å². The van der Waals surface area contributed by atoms with Crippen LogP contribution in [0.5, 0.6) is 0 Å². The monoisotopic (exact) mass is 355 g/mol. The Morgan fingerprint density at radius 2 is 1.70 bits per heavy atom. The van der Waals surface area contributed by atoms with E-state index in [2.05, 4.69) is 10.1 Å². The van der Waals surface area contributed by atoms with Gasteiger partial charge in [0, 0.05) is 23.7 Å². The molecule has 4 aromatic rings. The number of nitrogens with one attached hydrogen (secondary N) is 1. The highest BCUT2D eigenvalue weighted by Gasteiger charge is 2.27. The molecule has 0 fully saturated rings. The van der Waals surface area contributed by atoms with Gasteiger partial charge in [-0.05, 0) is 18.4 Å². The van der Waals surface area contributed by atoms with E-state index < -0.39 is 0 Å². The smallest absolute Gasteiger partial charge is 0.209 e. The molecule has 5 rings (SSSR count). The summed E-state index contributed by atoms with van der Waals surface area (Å²) in [7, 11) is 1.78. The average Bonchev–Trinajstić information content (AvgIpc) is 2.96. The van der Waals surface area contributed by atoms with Crippen molar-refractivity contribution in [1.29, 1.82) is 0 Å². The molecular weight excluding hydrogens is 338 g/mol. The van der Waals surface area contributed by atoms with Gasteiger partial charge < -0.3 is 4.98 Å². The molecular formula is C22H17N3O2. The van der Waals surface area contributed by atoms with Crippen molar-refractivity contribution >= 4 is 16.8 Å². The summed E-state index contributed by atoms with van der Waals surface area (Å²) in [5.41, 5.74) is 4.59. The number of hydrogen-bond donors (Lipinski definition) is 1. The number of nitrogens with zero attached hydrogens (tertiary/aromatic N) is 2. The molecule has 1 N–H and O–H groups in total. The summed E-state index contributed by atoms with van der Waals surface area (Å²) in [6.07, 6.45) is 1.21. The van der Waals surface area contributed by atoms with Crippen LogP contribution >= 0.6 is 0 Å². The zero-order chi connectivity index (χ0) is 18.5. The normalized spacial score (nSPS) is 13.3. The molecule has 1 aliphatic carbocycles. The fourth-order valence-corrected chi connectivity index (χ4v) is 3.93. The van der Waals surface area contributed by atoms with Gasteiger partial charge in [-0.15, -0.1) is 0 Å². The number of hydrogen-bond acceptors (Lipinski definition) is 3. The molecule has 2 heterocycles. The van der Waals surface area contributed by atoms with Gasteiger partial charge in [-0.3, -0.25) is 14.3 Å². The number of ketones is 1. The second-order valence-electron chi connectivity index (χ2n) is 6.86. The number of carbonyl (C=O) groups excluding carboxylic acids is 1. The van der Waals surface area contributed by atoms with E-state index in [0.29, 0.717) is 46.4 Å². The standard InChI is InChI=1S/C22H17N3O2/c1-25-22-17(18(24-25)14-8-3-2-4-9-14)20(26)16-12-11-13-7-5-6-10-15(13)21(27)19(16)23-22/h2-10H,11-12H2,1H3,(H,23,26). The fourth-order valence-electron chi connectivity index (χ4n) is 3.93. The Kier molecular flexibility index (Phi) is 3.37. The van der Waals surface area contributed by atoms with Crippen molar-refractivity contribution in [2.24, 2.45) is 7.05 Å². The number of benzene rings is 2. The van der Waals surface area contributed by atoms with Crippen LogP contribution in [0.3, 0.4) is 0 Å². The number of aromatic nitrogens is 3. The average molecular weight is 355 g/mol. The highest BCUT2D eigenvalue weighted by atomic mass is 16.1. The summed E-state index contributed by atoms with van der Waals surface area (Å²) in [6.45, 7) is 0. The van der Waals surface area contributed by atoms with Gasteiger partial charge in [0.05, 0.1) is 11.1 Å². The summed E-state index contributed by atoms with van der Waals surface area (Å²) in [4.78, 5) is 29.7. The van der Waals surface area contributed by atoms with E-state index >= 15 is 0 Å². The maximum atomic E-state index is 13.4. The number of rotatable bonds is 1. The maximum absolute atomic E-state index is 13.4. The number of H-pyrrole nitrogens is 1. The van der Waals surface area contributed by atoms with E-state index in [0.717, 1.165) is 11.1 Å². The topological polar surface area (TPSA) is 67.8 Å². The Hall–Kier alpha value is -3.47. The predicted octanol–water partition coefficient (Wildman–Crippen LogP) is 3.26. The molecule has 5 nitrogen and oxygen atoms in total. The third kappa shape index (κ3) is 2.28. The van der Waals surface area contributed by atoms with E-state index in [9.17, 15) is 9.59 Å². The molecule has 0 aliphatic heterocycles. The van der Waals surface area contributed by atoms with Crippen LogP contribution < -0.4 is 5.43 Å². The lowest BCUT2D eigenvalue weighted by atomic mass is 10.0. The third-order valence-electron chi connectivity index (χ3n) is 5.27. The summed E-state index contributed by atoms with van der Waals surface area (Å²) in [6, 6.07) is 17.2. The first-order valence-corrected chi connectivity index (χ1v) is 8.95. The minimum Gasteiger partial charge on any atom is -0.336 e. The summed E-state index contributed by atoms with van der Waals surface area (Å²) < 4.78 is 1.64. The van der Waals surface area contributed by atoms with Crippen molar-refractivity contribution in [2.75, 3.05) is 0 Å². The van der Waals surface area contributed by atoms with Crippen LogP contribution in [0.15, 0.2) is 59.4 Å². The fraction of sp³-hybridized carbons (Fsp3) is 0.136. The van der Waals surface area contributed by atoms with E-state index in [-0.39, 0.29) is 11.2 Å². The molecule has 0 spiro atoms. The molecule has 2 aromatic heterocycles. The van der Waals surface area contributed by atoms with Gasteiger partial charge in [-0.1, -0.05) is 54.6 Å². The number of pyridine rings is 1. The molecule has 1 aliphatic rings. The van der Waals surface area contributed by atoms with Gasteiger partial charge in [-0.2, -0.15) is 5.10 Å². The van der Waals surface area contributed by atoms with Crippen molar-refractivity contribution in [1.82, 2.24) is 14.8 Å². The van der Waals surface area contributed by atoms with Crippen LogP contribution in [0.25, 0.3) is 22.3 Å². The van der Waals surface area contributed by atoms with Gasteiger partial charge in [0.15, 0.2) is 5.43 Å². The predicted molar refractivity (Wildman–Crippen MR) is 104 cm³/mol. The van der Waals surface area contributed by atoms with Crippen molar-refractivity contribution in [3.8, 4) is 11.3 Å². The van der Waals surface area contributed by atoms with E-state index in [1.54, 1.807) is 11.7 Å². The molecule has 27 heavy (non-hydrogen) atoms. The molecule has 132 valence electrons. The van der Waals surface area contributed by atoms with Gasteiger partial charge in [-0.25, -0.2) is 0 Å². The summed E-state index contributed by atoms with van der Waals surface area (Å²) in [5.74, 6) is -0.125. The Labute approximate surface area is 155 Å². The maximum Gasteiger partial charge on any atom is 0.209 e. The van der Waals surface area contributed by atoms with Gasteiger partial charge in [0.2, 0.25) is 5.78 Å². The van der Waals surface area contributed by atoms with Gasteiger partial charge in [0.25, 0.3) is 0 Å². The van der Waals surface area contributed by atoms with Crippen LogP contribution in [-0.2, 0) is 19.9 Å². The van der Waals surface area contributed by atoms with Crippen LogP contribution in [0.1, 0.15) is 27.2 Å². The molecule has 0 radical (unpaired) electrons. The molecule has 0 amide bonds. The minimum absolute atomic E-state index is 0.105. The van der Waals surface area contributed by atoms with Gasteiger partial charge >= 0.3 is 0 Å². The first-order valence-electron chi connectivity index (χ1n) is 8.95. The quantitative estimate of drug-likeness (QED) is 0.570. The molecule has 0 bridgehead atoms. The third-order valence-corrected chi connectivity index (χ3v) is 5.27. The highest BCUT2D eigenvalue weighted by Crippen LogP contribution is 2.28. The van der Waals surface area contributed by atoms with Crippen molar-refractivity contribution in [3.05, 3.63) is 87.2 Å². The molecule has 5 heteroatoms. The number of carbonyl (C=O) groups is 1. The van der Waals surface area contributed by atoms with E-state index in [4.69, 9.17) is 0 Å². The van der Waals surface area contributed by atoms with Crippen LogP contribution in [0.4, 0.5) is 0 Å². The molecule has 0 saturated carbocycles. The Morgan fingerprint density at radius 3 is 2.52 bits per heavy atom.